The minimum atomic E-state index is -6.60. The van der Waals surface area contributed by atoms with Crippen LogP contribution in [0.4, 0.5) is 61.5 Å². The zero-order valence-electron chi connectivity index (χ0n) is 20.5. The van der Waals surface area contributed by atoms with E-state index in [1.807, 2.05) is 0 Å². The van der Waals surface area contributed by atoms with E-state index in [4.69, 9.17) is 0 Å². The van der Waals surface area contributed by atoms with Gasteiger partial charge in [0.15, 0.2) is 0 Å². The molecular weight excluding hydrogens is 708 g/mol. The van der Waals surface area contributed by atoms with Gasteiger partial charge in [-0.3, -0.25) is 9.59 Å². The van der Waals surface area contributed by atoms with Gasteiger partial charge in [0.05, 0.1) is 12.8 Å². The quantitative estimate of drug-likeness (QED) is 0.119. The molecule has 0 amide bonds. The molecule has 39 heavy (non-hydrogen) atoms. The molecule has 0 heterocycles. The Morgan fingerprint density at radius 3 is 0.769 bits per heavy atom. The van der Waals surface area contributed by atoms with E-state index in [1.54, 1.807) is 0 Å². The van der Waals surface area contributed by atoms with Gasteiger partial charge in [-0.15, -0.1) is 10.8 Å². The van der Waals surface area contributed by atoms with Crippen molar-refractivity contribution in [1.82, 2.24) is 0 Å². The van der Waals surface area contributed by atoms with Crippen LogP contribution in [-0.2, 0) is 19.2 Å². The van der Waals surface area contributed by atoms with Crippen molar-refractivity contribution in [3.05, 3.63) is 13.8 Å². The number of ketones is 4. The fourth-order valence-electron chi connectivity index (χ4n) is 1.70. The van der Waals surface area contributed by atoms with E-state index in [-0.39, 0.29) is 48.9 Å². The fraction of sp³-hybridized carbons (Fsp3) is 0.700. The Hall–Kier alpha value is -0.729. The fourth-order valence-corrected chi connectivity index (χ4v) is 1.70. The van der Waals surface area contributed by atoms with Gasteiger partial charge in [-0.2, -0.15) is 61.5 Å². The normalized spacial score (nSPS) is 14.1. The first-order chi connectivity index (χ1) is 16.1. The van der Waals surface area contributed by atoms with Crippen LogP contribution in [0.1, 0.15) is 40.5 Å². The zero-order chi connectivity index (χ0) is 31.7. The first-order valence-electron chi connectivity index (χ1n) is 9.58. The van der Waals surface area contributed by atoms with Crippen molar-refractivity contribution in [3.8, 4) is 0 Å². The molecule has 0 aromatic carbocycles. The number of hydrogen-bond donors (Lipinski definition) is 0. The van der Waals surface area contributed by atoms with E-state index < -0.39 is 82.8 Å². The molecule has 0 unspecified atom stereocenters. The molecule has 0 bridgehead atoms. The summed E-state index contributed by atoms with van der Waals surface area (Å²) in [6.07, 6.45) is -16.7. The van der Waals surface area contributed by atoms with Crippen LogP contribution in [0.25, 0.3) is 0 Å². The molecule has 224 valence electrons. The molecule has 0 saturated heterocycles. The van der Waals surface area contributed by atoms with Gasteiger partial charge in [0, 0.05) is 0 Å². The number of carbonyl (C=O) groups is 4. The van der Waals surface area contributed by atoms with Crippen LogP contribution in [0.5, 0.6) is 0 Å². The number of rotatable bonds is 10. The Labute approximate surface area is 252 Å². The Morgan fingerprint density at radius 1 is 0.462 bits per heavy atom. The topological polar surface area (TPSA) is 68.3 Å². The number of halogens is 14. The van der Waals surface area contributed by atoms with Crippen molar-refractivity contribution >= 4 is 72.0 Å². The van der Waals surface area contributed by atoms with Gasteiger partial charge in [0.25, 0.3) is 0 Å². The van der Waals surface area contributed by atoms with Crippen molar-refractivity contribution in [1.29, 1.82) is 0 Å². The Balaban J connectivity index is -0.000000648. The van der Waals surface area contributed by atoms with Crippen molar-refractivity contribution in [2.24, 2.45) is 10.8 Å². The summed E-state index contributed by atoms with van der Waals surface area (Å²) >= 11 is 0. The third kappa shape index (κ3) is 10.2. The second-order valence-corrected chi connectivity index (χ2v) is 9.11. The zero-order valence-corrected chi connectivity index (χ0v) is 24.9. The summed E-state index contributed by atoms with van der Waals surface area (Å²) < 4.78 is 172. The predicted octanol–water partition coefficient (Wildman–Crippen LogP) is 6.03. The molecule has 0 atom stereocenters. The van der Waals surface area contributed by atoms with Crippen LogP contribution in [0.3, 0.4) is 0 Å². The minimum Gasteiger partial charge on any atom is -0.331 e. The number of Topliss-reactive ketones (excluding diaryl/α,β-unsaturated/α-hetero) is 4. The number of hydrogen-bond acceptors (Lipinski definition) is 4. The summed E-state index contributed by atoms with van der Waals surface area (Å²) in [5.41, 5.74) is -3.11. The molecule has 0 aromatic rings. The SMILES string of the molecule is [Ba+2].[CH2-]C(C)(C)C(=O)CC(=O)C(F)(F)C(F)(F)C(F)(F)F.[CH2-]C(C)(C)C(=O)CC(=O)C(F)(F)C(F)(F)C(F)(F)F. The largest absolute Gasteiger partial charge is 2.00 e. The van der Waals surface area contributed by atoms with Crippen LogP contribution < -0.4 is 0 Å². The molecule has 0 aliphatic rings. The first kappa shape index (κ1) is 42.7. The van der Waals surface area contributed by atoms with Gasteiger partial charge in [-0.1, -0.05) is 27.7 Å². The van der Waals surface area contributed by atoms with Crippen molar-refractivity contribution < 1.29 is 80.6 Å². The molecule has 0 N–H and O–H groups in total. The third-order valence-electron chi connectivity index (χ3n) is 4.35. The molecule has 0 radical (unpaired) electrons. The number of carbonyl (C=O) groups excluding carboxylic acids is 4. The molecule has 0 aromatic heterocycles. The summed E-state index contributed by atoms with van der Waals surface area (Å²) in [6, 6.07) is 0. The van der Waals surface area contributed by atoms with Crippen LogP contribution in [0.2, 0.25) is 0 Å². The summed E-state index contributed by atoms with van der Waals surface area (Å²) in [5, 5.41) is 0. The molecule has 0 fully saturated rings. The van der Waals surface area contributed by atoms with Crippen molar-refractivity contribution in [3.63, 3.8) is 0 Å². The smallest absolute Gasteiger partial charge is 0.331 e. The van der Waals surface area contributed by atoms with Gasteiger partial charge in [0.2, 0.25) is 11.6 Å². The summed E-state index contributed by atoms with van der Waals surface area (Å²) in [4.78, 5) is 44.0. The molecular formula is C20H20BaF14O4. The van der Waals surface area contributed by atoms with Crippen LogP contribution in [0, 0.1) is 24.7 Å². The Kier molecular flexibility index (Phi) is 14.3. The average Bonchev–Trinajstić information content (AvgIpc) is 2.64. The van der Waals surface area contributed by atoms with Crippen LogP contribution in [-0.4, -0.2) is 108 Å². The summed E-state index contributed by atoms with van der Waals surface area (Å²) in [6.45, 7) is 10.7. The van der Waals surface area contributed by atoms with E-state index in [0.29, 0.717) is 0 Å². The molecule has 0 rings (SSSR count). The van der Waals surface area contributed by atoms with Gasteiger partial charge in [-0.05, 0) is 0 Å². The molecule has 0 spiro atoms. The Morgan fingerprint density at radius 2 is 0.641 bits per heavy atom. The van der Waals surface area contributed by atoms with E-state index in [2.05, 4.69) is 13.8 Å². The molecule has 4 nitrogen and oxygen atoms in total. The molecule has 0 aliphatic carbocycles. The van der Waals surface area contributed by atoms with E-state index in [1.165, 1.54) is 0 Å². The average molecular weight is 728 g/mol. The molecule has 0 saturated carbocycles. The second kappa shape index (κ2) is 13.1. The maximum absolute atomic E-state index is 12.8. The van der Waals surface area contributed by atoms with Gasteiger partial charge in [0.1, 0.15) is 11.6 Å². The monoisotopic (exact) mass is 728 g/mol. The van der Waals surface area contributed by atoms with Gasteiger partial charge < -0.3 is 23.4 Å². The van der Waals surface area contributed by atoms with Gasteiger partial charge in [-0.25, -0.2) is 0 Å². The molecule has 19 heteroatoms. The third-order valence-corrected chi connectivity index (χ3v) is 4.35. The van der Waals surface area contributed by atoms with Crippen LogP contribution in [0.15, 0.2) is 0 Å². The van der Waals surface area contributed by atoms with E-state index in [0.717, 1.165) is 27.7 Å². The van der Waals surface area contributed by atoms with E-state index >= 15 is 0 Å². The minimum absolute atomic E-state index is 0. The first-order valence-corrected chi connectivity index (χ1v) is 9.58. The van der Waals surface area contributed by atoms with E-state index in [9.17, 15) is 80.6 Å². The maximum Gasteiger partial charge on any atom is 2.00 e. The second-order valence-electron chi connectivity index (χ2n) is 9.11. The number of alkyl halides is 14. The standard InChI is InChI=1S/2C10H10F7O2.Ba/c2*1-7(2,3)5(18)4-6(19)8(11,12)9(13,14)10(15,16)17;/h2*1,4H2,2-3H3;/q2*-1;+2. The summed E-state index contributed by atoms with van der Waals surface area (Å²) in [7, 11) is 0. The Bertz CT molecular complexity index is 833. The van der Waals surface area contributed by atoms with Crippen molar-refractivity contribution in [2.75, 3.05) is 0 Å². The van der Waals surface area contributed by atoms with Crippen molar-refractivity contribution in [2.45, 2.75) is 76.6 Å². The van der Waals surface area contributed by atoms with Gasteiger partial charge >= 0.3 is 84.9 Å². The predicted molar refractivity (Wildman–Crippen MR) is 105 cm³/mol. The summed E-state index contributed by atoms with van der Waals surface area (Å²) in [5.74, 6) is -33.2. The molecule has 0 aliphatic heterocycles. The maximum atomic E-state index is 12.8. The van der Waals surface area contributed by atoms with Crippen LogP contribution >= 0.6 is 0 Å².